The molecule has 1 atom stereocenters. The van der Waals surface area contributed by atoms with Gasteiger partial charge < -0.3 is 9.64 Å². The summed E-state index contributed by atoms with van der Waals surface area (Å²) in [4.78, 5) is 24.0. The van der Waals surface area contributed by atoms with Crippen LogP contribution in [0, 0.1) is 0 Å². The van der Waals surface area contributed by atoms with Crippen LogP contribution in [0.3, 0.4) is 0 Å². The van der Waals surface area contributed by atoms with Crippen molar-refractivity contribution in [2.24, 2.45) is 0 Å². The number of rotatable bonds is 4. The summed E-state index contributed by atoms with van der Waals surface area (Å²) >= 11 is 0. The lowest BCUT2D eigenvalue weighted by Gasteiger charge is -2.20. The molecule has 1 amide bonds. The SMILES string of the molecule is C=C[C@@H]1CCC(=O)N1CC(=O)OCC. The maximum Gasteiger partial charge on any atom is 0.325 e. The van der Waals surface area contributed by atoms with Crippen LogP contribution in [-0.2, 0) is 14.3 Å². The summed E-state index contributed by atoms with van der Waals surface area (Å²) in [5.41, 5.74) is 0. The van der Waals surface area contributed by atoms with E-state index >= 15 is 0 Å². The molecule has 4 heteroatoms. The average molecular weight is 197 g/mol. The smallest absolute Gasteiger partial charge is 0.325 e. The van der Waals surface area contributed by atoms with Crippen LogP contribution in [-0.4, -0.2) is 36.0 Å². The lowest BCUT2D eigenvalue weighted by molar-refractivity contribution is -0.148. The largest absolute Gasteiger partial charge is 0.465 e. The Labute approximate surface area is 83.5 Å². The van der Waals surface area contributed by atoms with Crippen molar-refractivity contribution in [2.45, 2.75) is 25.8 Å². The molecule has 0 aromatic rings. The highest BCUT2D eigenvalue weighted by Crippen LogP contribution is 2.18. The van der Waals surface area contributed by atoms with Gasteiger partial charge in [0.2, 0.25) is 5.91 Å². The van der Waals surface area contributed by atoms with Crippen LogP contribution in [0.15, 0.2) is 12.7 Å². The molecule has 1 aliphatic rings. The van der Waals surface area contributed by atoms with Gasteiger partial charge in [0.25, 0.3) is 0 Å². The van der Waals surface area contributed by atoms with E-state index in [9.17, 15) is 9.59 Å². The van der Waals surface area contributed by atoms with Crippen LogP contribution < -0.4 is 0 Å². The summed E-state index contributed by atoms with van der Waals surface area (Å²) in [6.07, 6.45) is 2.95. The fourth-order valence-corrected chi connectivity index (χ4v) is 1.55. The van der Waals surface area contributed by atoms with E-state index < -0.39 is 0 Å². The lowest BCUT2D eigenvalue weighted by atomic mass is 10.2. The summed E-state index contributed by atoms with van der Waals surface area (Å²) in [6.45, 7) is 5.77. The zero-order valence-electron chi connectivity index (χ0n) is 8.36. The van der Waals surface area contributed by atoms with Gasteiger partial charge in [-0.1, -0.05) is 6.08 Å². The molecule has 0 aromatic carbocycles. The summed E-state index contributed by atoms with van der Waals surface area (Å²) in [5.74, 6) is -0.349. The third kappa shape index (κ3) is 2.34. The van der Waals surface area contributed by atoms with E-state index in [0.717, 1.165) is 6.42 Å². The van der Waals surface area contributed by atoms with Crippen molar-refractivity contribution in [2.75, 3.05) is 13.2 Å². The minimum atomic E-state index is -0.352. The standard InChI is InChI=1S/C10H15NO3/c1-3-8-5-6-9(12)11(8)7-10(13)14-4-2/h3,8H,1,4-7H2,2H3/t8-/m1/s1. The van der Waals surface area contributed by atoms with E-state index in [2.05, 4.69) is 6.58 Å². The van der Waals surface area contributed by atoms with E-state index in [4.69, 9.17) is 4.74 Å². The van der Waals surface area contributed by atoms with Crippen molar-refractivity contribution in [1.29, 1.82) is 0 Å². The quantitative estimate of drug-likeness (QED) is 0.493. The van der Waals surface area contributed by atoms with Gasteiger partial charge in [0, 0.05) is 6.42 Å². The van der Waals surface area contributed by atoms with E-state index in [1.807, 2.05) is 0 Å². The van der Waals surface area contributed by atoms with Crippen LogP contribution >= 0.6 is 0 Å². The lowest BCUT2D eigenvalue weighted by Crippen LogP contribution is -2.37. The van der Waals surface area contributed by atoms with Crippen molar-refractivity contribution in [3.63, 3.8) is 0 Å². The topological polar surface area (TPSA) is 46.6 Å². The highest BCUT2D eigenvalue weighted by molar-refractivity contribution is 5.84. The minimum absolute atomic E-state index is 0.00273. The summed E-state index contributed by atoms with van der Waals surface area (Å²) in [7, 11) is 0. The molecule has 0 radical (unpaired) electrons. The van der Waals surface area contributed by atoms with Gasteiger partial charge >= 0.3 is 5.97 Å². The Morgan fingerprint density at radius 2 is 2.50 bits per heavy atom. The Hall–Kier alpha value is -1.32. The molecule has 0 bridgehead atoms. The molecule has 1 heterocycles. The molecule has 0 saturated carbocycles. The van der Waals surface area contributed by atoms with Gasteiger partial charge in [-0.25, -0.2) is 0 Å². The van der Waals surface area contributed by atoms with E-state index in [0.29, 0.717) is 13.0 Å². The van der Waals surface area contributed by atoms with Gasteiger partial charge in [0.05, 0.1) is 12.6 Å². The number of likely N-dealkylation sites (tertiary alicyclic amines) is 1. The van der Waals surface area contributed by atoms with Gasteiger partial charge in [-0.15, -0.1) is 6.58 Å². The molecule has 4 nitrogen and oxygen atoms in total. The number of nitrogens with zero attached hydrogens (tertiary/aromatic N) is 1. The highest BCUT2D eigenvalue weighted by Gasteiger charge is 2.30. The molecule has 0 N–H and O–H groups in total. The van der Waals surface area contributed by atoms with Crippen molar-refractivity contribution >= 4 is 11.9 Å². The third-order valence-corrected chi connectivity index (χ3v) is 2.25. The van der Waals surface area contributed by atoms with Crippen LogP contribution in [0.2, 0.25) is 0 Å². The van der Waals surface area contributed by atoms with Crippen molar-refractivity contribution in [3.8, 4) is 0 Å². The molecule has 0 aliphatic carbocycles. The highest BCUT2D eigenvalue weighted by atomic mass is 16.5. The van der Waals surface area contributed by atoms with Gasteiger partial charge in [0.15, 0.2) is 0 Å². The van der Waals surface area contributed by atoms with Crippen LogP contribution in [0.1, 0.15) is 19.8 Å². The summed E-state index contributed by atoms with van der Waals surface area (Å²) in [6, 6.07) is -0.00749. The van der Waals surface area contributed by atoms with Crippen LogP contribution in [0.25, 0.3) is 0 Å². The van der Waals surface area contributed by atoms with Gasteiger partial charge in [-0.3, -0.25) is 9.59 Å². The number of carbonyl (C=O) groups excluding carboxylic acids is 2. The van der Waals surface area contributed by atoms with Crippen LogP contribution in [0.5, 0.6) is 0 Å². The number of ether oxygens (including phenoxy) is 1. The van der Waals surface area contributed by atoms with Crippen molar-refractivity contribution < 1.29 is 14.3 Å². The molecule has 0 aromatic heterocycles. The van der Waals surface area contributed by atoms with E-state index in [1.165, 1.54) is 4.90 Å². The number of amides is 1. The molecular formula is C10H15NO3. The first kappa shape index (κ1) is 10.8. The second-order valence-corrected chi connectivity index (χ2v) is 3.17. The number of hydrogen-bond acceptors (Lipinski definition) is 3. The van der Waals surface area contributed by atoms with E-state index in [1.54, 1.807) is 13.0 Å². The van der Waals surface area contributed by atoms with Crippen molar-refractivity contribution in [3.05, 3.63) is 12.7 Å². The maximum absolute atomic E-state index is 11.4. The maximum atomic E-state index is 11.4. The Morgan fingerprint density at radius 3 is 3.07 bits per heavy atom. The third-order valence-electron chi connectivity index (χ3n) is 2.25. The molecule has 1 fully saturated rings. The first-order chi connectivity index (χ1) is 6.69. The molecule has 78 valence electrons. The Bertz CT molecular complexity index is 250. The molecule has 1 saturated heterocycles. The van der Waals surface area contributed by atoms with Crippen LogP contribution in [0.4, 0.5) is 0 Å². The van der Waals surface area contributed by atoms with Gasteiger partial charge in [-0.2, -0.15) is 0 Å². The Balaban J connectivity index is 2.52. The first-order valence-corrected chi connectivity index (χ1v) is 4.76. The van der Waals surface area contributed by atoms with Gasteiger partial charge in [-0.05, 0) is 13.3 Å². The fourth-order valence-electron chi connectivity index (χ4n) is 1.55. The Morgan fingerprint density at radius 1 is 1.79 bits per heavy atom. The number of carbonyl (C=O) groups is 2. The predicted octanol–water partition coefficient (Wildman–Crippen LogP) is 0.726. The van der Waals surface area contributed by atoms with Crippen molar-refractivity contribution in [1.82, 2.24) is 4.90 Å². The fraction of sp³-hybridized carbons (Fsp3) is 0.600. The number of hydrogen-bond donors (Lipinski definition) is 0. The molecule has 0 unspecified atom stereocenters. The molecule has 0 spiro atoms. The zero-order chi connectivity index (χ0) is 10.6. The predicted molar refractivity (Wildman–Crippen MR) is 51.6 cm³/mol. The minimum Gasteiger partial charge on any atom is -0.465 e. The monoisotopic (exact) mass is 197 g/mol. The average Bonchev–Trinajstić information content (AvgIpc) is 2.48. The normalized spacial score (nSPS) is 21.1. The first-order valence-electron chi connectivity index (χ1n) is 4.76. The zero-order valence-corrected chi connectivity index (χ0v) is 8.36. The molecule has 1 rings (SSSR count). The van der Waals surface area contributed by atoms with Gasteiger partial charge in [0.1, 0.15) is 6.54 Å². The molecule has 14 heavy (non-hydrogen) atoms. The number of esters is 1. The second-order valence-electron chi connectivity index (χ2n) is 3.17. The molecular weight excluding hydrogens is 182 g/mol. The van der Waals surface area contributed by atoms with E-state index in [-0.39, 0.29) is 24.5 Å². The second kappa shape index (κ2) is 4.79. The molecule has 1 aliphatic heterocycles. The summed E-state index contributed by atoms with van der Waals surface area (Å²) in [5, 5.41) is 0. The summed E-state index contributed by atoms with van der Waals surface area (Å²) < 4.78 is 4.78. The Kier molecular flexibility index (Phi) is 3.68.